The van der Waals surface area contributed by atoms with Crippen molar-refractivity contribution < 1.29 is 17.5 Å². The summed E-state index contributed by atoms with van der Waals surface area (Å²) in [5, 5.41) is 0. The molecule has 1 unspecified atom stereocenters. The minimum Gasteiger partial charge on any atom is -0.748 e. The third-order valence-corrected chi connectivity index (χ3v) is 1.53. The average Bonchev–Trinajstić information content (AvgIpc) is 2.33. The van der Waals surface area contributed by atoms with Gasteiger partial charge in [0.2, 0.25) is 0 Å². The van der Waals surface area contributed by atoms with Gasteiger partial charge >= 0.3 is 0 Å². The van der Waals surface area contributed by atoms with Gasteiger partial charge in [-0.05, 0) is 6.42 Å². The van der Waals surface area contributed by atoms with Crippen LogP contribution in [-0.2, 0) is 10.1 Å². The second kappa shape index (κ2) is 5.23. The van der Waals surface area contributed by atoms with Gasteiger partial charge in [0.25, 0.3) is 0 Å². The zero-order valence-corrected chi connectivity index (χ0v) is 9.49. The lowest BCUT2D eigenvalue weighted by molar-refractivity contribution is -0.756. The van der Waals surface area contributed by atoms with Crippen LogP contribution in [0.15, 0.2) is 17.4 Å². The van der Waals surface area contributed by atoms with Crippen molar-refractivity contribution in [2.24, 2.45) is 4.99 Å². The van der Waals surface area contributed by atoms with Crippen molar-refractivity contribution in [2.75, 3.05) is 19.8 Å². The van der Waals surface area contributed by atoms with Crippen molar-refractivity contribution in [3.05, 3.63) is 12.4 Å². The standard InChI is InChI=1S/C7H13N2.CH4O3S/c1-3-5-9(2)6-4-8-7-9;1-5(2,3)4/h4,6-7H,3,5H2,1-2H3;1H3,(H,2,3,4)/q+1;/p-1. The number of nitrogens with zero attached hydrogens (tertiary/aromatic N) is 2. The molecule has 5 nitrogen and oxygen atoms in total. The molecular formula is C8H16N2O3S. The molecule has 1 atom stereocenters. The molecule has 1 aliphatic rings. The lowest BCUT2D eigenvalue weighted by Gasteiger charge is -2.19. The third-order valence-electron chi connectivity index (χ3n) is 1.53. The minimum absolute atomic E-state index is 0.604. The van der Waals surface area contributed by atoms with Gasteiger partial charge in [-0.15, -0.1) is 0 Å². The molecule has 0 aromatic carbocycles. The van der Waals surface area contributed by atoms with Crippen LogP contribution in [0, 0.1) is 0 Å². The maximum absolute atomic E-state index is 9.08. The molecule has 0 aliphatic carbocycles. The molecule has 0 spiro atoms. The molecule has 0 saturated carbocycles. The molecular weight excluding hydrogens is 204 g/mol. The van der Waals surface area contributed by atoms with E-state index in [-0.39, 0.29) is 0 Å². The van der Waals surface area contributed by atoms with Crippen LogP contribution < -0.4 is 0 Å². The molecule has 0 saturated heterocycles. The van der Waals surface area contributed by atoms with Gasteiger partial charge in [-0.2, -0.15) is 0 Å². The summed E-state index contributed by atoms with van der Waals surface area (Å²) in [6, 6.07) is 0. The summed E-state index contributed by atoms with van der Waals surface area (Å²) < 4.78 is 28.1. The van der Waals surface area contributed by atoms with Gasteiger partial charge in [-0.1, -0.05) is 6.92 Å². The number of quaternary nitrogens is 1. The molecule has 0 aromatic rings. The number of hydrogen-bond acceptors (Lipinski definition) is 4. The molecule has 0 amide bonds. The molecule has 1 rings (SSSR count). The zero-order valence-electron chi connectivity index (χ0n) is 8.67. The smallest absolute Gasteiger partial charge is 0.194 e. The highest BCUT2D eigenvalue weighted by Gasteiger charge is 2.16. The van der Waals surface area contributed by atoms with Gasteiger partial charge < -0.3 is 4.55 Å². The van der Waals surface area contributed by atoms with Gasteiger partial charge in [0.05, 0.1) is 29.9 Å². The molecule has 0 fully saturated rings. The van der Waals surface area contributed by atoms with E-state index in [1.807, 2.05) is 12.5 Å². The topological polar surface area (TPSA) is 69.6 Å². The van der Waals surface area contributed by atoms with Crippen LogP contribution in [0.5, 0.6) is 0 Å². The van der Waals surface area contributed by atoms with Crippen LogP contribution in [0.25, 0.3) is 0 Å². The first-order chi connectivity index (χ1) is 6.27. The SMILES string of the molecule is CCC[N+]1(C)C=CN=C1.CS(=O)(=O)[O-]. The van der Waals surface area contributed by atoms with Crippen LogP contribution >= 0.6 is 0 Å². The molecule has 6 heteroatoms. The minimum atomic E-state index is -3.92. The van der Waals surface area contributed by atoms with E-state index in [4.69, 9.17) is 13.0 Å². The average molecular weight is 220 g/mol. The number of hydrogen-bond donors (Lipinski definition) is 0. The Morgan fingerprint density at radius 3 is 2.29 bits per heavy atom. The molecule has 82 valence electrons. The number of rotatable bonds is 2. The lowest BCUT2D eigenvalue weighted by Crippen LogP contribution is -2.35. The fourth-order valence-electron chi connectivity index (χ4n) is 1.03. The zero-order chi connectivity index (χ0) is 11.2. The highest BCUT2D eigenvalue weighted by atomic mass is 32.2. The molecule has 0 N–H and O–H groups in total. The maximum Gasteiger partial charge on any atom is 0.194 e. The molecule has 0 radical (unpaired) electrons. The Hall–Kier alpha value is -0.720. The van der Waals surface area contributed by atoms with Crippen molar-refractivity contribution in [1.82, 2.24) is 0 Å². The summed E-state index contributed by atoms with van der Waals surface area (Å²) in [5.41, 5.74) is 0. The summed E-state index contributed by atoms with van der Waals surface area (Å²) >= 11 is 0. The number of aliphatic imine (C=N–C) groups is 1. The highest BCUT2D eigenvalue weighted by Crippen LogP contribution is 2.06. The predicted molar refractivity (Wildman–Crippen MR) is 54.6 cm³/mol. The van der Waals surface area contributed by atoms with Gasteiger partial charge in [0.1, 0.15) is 6.20 Å². The van der Waals surface area contributed by atoms with Crippen molar-refractivity contribution in [3.8, 4) is 0 Å². The van der Waals surface area contributed by atoms with Gasteiger partial charge in [-0.25, -0.2) is 13.4 Å². The van der Waals surface area contributed by atoms with Crippen molar-refractivity contribution in [2.45, 2.75) is 13.3 Å². The fourth-order valence-corrected chi connectivity index (χ4v) is 1.03. The van der Waals surface area contributed by atoms with Crippen LogP contribution in [0.1, 0.15) is 13.3 Å². The first-order valence-electron chi connectivity index (χ1n) is 4.24. The second-order valence-corrected chi connectivity index (χ2v) is 4.75. The van der Waals surface area contributed by atoms with Crippen LogP contribution in [-0.4, -0.2) is 43.6 Å². The normalized spacial score (nSPS) is 24.6. The first-order valence-corrected chi connectivity index (χ1v) is 6.06. The van der Waals surface area contributed by atoms with E-state index >= 15 is 0 Å². The summed E-state index contributed by atoms with van der Waals surface area (Å²) in [7, 11) is -1.77. The Morgan fingerprint density at radius 2 is 2.00 bits per heavy atom. The molecule has 1 heterocycles. The van der Waals surface area contributed by atoms with Crippen molar-refractivity contribution >= 4 is 16.5 Å². The van der Waals surface area contributed by atoms with E-state index in [0.29, 0.717) is 6.26 Å². The molecule has 0 aromatic heterocycles. The van der Waals surface area contributed by atoms with E-state index in [1.165, 1.54) is 6.42 Å². The highest BCUT2D eigenvalue weighted by molar-refractivity contribution is 7.84. The molecule has 0 bridgehead atoms. The summed E-state index contributed by atoms with van der Waals surface area (Å²) in [5.74, 6) is 0. The van der Waals surface area contributed by atoms with Crippen molar-refractivity contribution in [3.63, 3.8) is 0 Å². The van der Waals surface area contributed by atoms with E-state index in [0.717, 1.165) is 11.0 Å². The van der Waals surface area contributed by atoms with E-state index < -0.39 is 10.1 Å². The Labute approximate surface area is 85.1 Å². The summed E-state index contributed by atoms with van der Waals surface area (Å²) in [6.45, 7) is 3.34. The van der Waals surface area contributed by atoms with Crippen LogP contribution in [0.4, 0.5) is 0 Å². The van der Waals surface area contributed by atoms with E-state index in [2.05, 4.69) is 25.2 Å². The Balaban J connectivity index is 0.000000292. The quantitative estimate of drug-likeness (QED) is 0.503. The van der Waals surface area contributed by atoms with Crippen LogP contribution in [0.2, 0.25) is 0 Å². The van der Waals surface area contributed by atoms with Crippen molar-refractivity contribution in [1.29, 1.82) is 0 Å². The molecule has 14 heavy (non-hydrogen) atoms. The molecule has 1 aliphatic heterocycles. The van der Waals surface area contributed by atoms with Crippen LogP contribution in [0.3, 0.4) is 0 Å². The largest absolute Gasteiger partial charge is 0.748 e. The monoisotopic (exact) mass is 220 g/mol. The first kappa shape index (κ1) is 13.3. The second-order valence-electron chi connectivity index (χ2n) is 3.34. The van der Waals surface area contributed by atoms with Gasteiger partial charge in [0, 0.05) is 6.26 Å². The van der Waals surface area contributed by atoms with E-state index in [1.54, 1.807) is 0 Å². The Kier molecular flexibility index (Phi) is 4.96. The van der Waals surface area contributed by atoms with Gasteiger partial charge in [-0.3, -0.25) is 4.48 Å². The van der Waals surface area contributed by atoms with Gasteiger partial charge in [0.15, 0.2) is 6.34 Å². The summed E-state index contributed by atoms with van der Waals surface area (Å²) in [6.07, 6.45) is 7.72. The Morgan fingerprint density at radius 1 is 1.50 bits per heavy atom. The third kappa shape index (κ3) is 7.90. The lowest BCUT2D eigenvalue weighted by atomic mass is 10.4. The Bertz CT molecular complexity index is 299. The van der Waals surface area contributed by atoms with E-state index in [9.17, 15) is 0 Å². The maximum atomic E-state index is 9.08. The predicted octanol–water partition coefficient (Wildman–Crippen LogP) is 0.518. The fraction of sp³-hybridized carbons (Fsp3) is 0.625. The summed E-state index contributed by atoms with van der Waals surface area (Å²) in [4.78, 5) is 4.02.